The van der Waals surface area contributed by atoms with Crippen molar-refractivity contribution < 1.29 is 19.4 Å². The number of aryl methyl sites for hydroxylation is 1. The van der Waals surface area contributed by atoms with Crippen molar-refractivity contribution in [2.75, 3.05) is 26.4 Å². The Morgan fingerprint density at radius 2 is 1.59 bits per heavy atom. The number of carbonyl (C=O) groups is 1. The van der Waals surface area contributed by atoms with E-state index in [9.17, 15) is 4.79 Å². The third-order valence-corrected chi connectivity index (χ3v) is 2.22. The highest BCUT2D eigenvalue weighted by molar-refractivity contribution is 5.70. The quantitative estimate of drug-likeness (QED) is 0.851. The number of carboxylic acid groups (broad SMARTS) is 1. The first-order valence-electron chi connectivity index (χ1n) is 5.61. The molecule has 0 bridgehead atoms. The highest BCUT2D eigenvalue weighted by Crippen LogP contribution is 2.03. The molecule has 0 saturated carbocycles. The lowest BCUT2D eigenvalue weighted by molar-refractivity contribution is -0.136. The largest absolute Gasteiger partial charge is 0.481 e. The molecule has 1 aliphatic heterocycles. The number of hydrogen-bond donors (Lipinski definition) is 1. The third-order valence-electron chi connectivity index (χ3n) is 2.22. The molecule has 1 saturated heterocycles. The van der Waals surface area contributed by atoms with Gasteiger partial charge in [-0.15, -0.1) is 0 Å². The van der Waals surface area contributed by atoms with E-state index in [0.717, 1.165) is 37.6 Å². The second-order valence-corrected chi connectivity index (χ2v) is 3.78. The van der Waals surface area contributed by atoms with Gasteiger partial charge in [0.25, 0.3) is 0 Å². The summed E-state index contributed by atoms with van der Waals surface area (Å²) >= 11 is 0. The lowest BCUT2D eigenvalue weighted by Crippen LogP contribution is -2.16. The van der Waals surface area contributed by atoms with Crippen LogP contribution in [0.2, 0.25) is 0 Å². The molecule has 0 unspecified atom stereocenters. The maximum absolute atomic E-state index is 10.3. The predicted molar refractivity (Wildman–Crippen MR) is 64.2 cm³/mol. The second kappa shape index (κ2) is 7.81. The van der Waals surface area contributed by atoms with E-state index in [0.29, 0.717) is 0 Å². The zero-order valence-electron chi connectivity index (χ0n) is 10.0. The van der Waals surface area contributed by atoms with Crippen LogP contribution in [0.3, 0.4) is 0 Å². The van der Waals surface area contributed by atoms with Gasteiger partial charge in [-0.1, -0.05) is 29.8 Å². The summed E-state index contributed by atoms with van der Waals surface area (Å²) in [7, 11) is 0. The molecule has 1 heterocycles. The zero-order chi connectivity index (χ0) is 12.5. The molecule has 0 radical (unpaired) electrons. The summed E-state index contributed by atoms with van der Waals surface area (Å²) in [5, 5.41) is 8.44. The lowest BCUT2D eigenvalue weighted by atomic mass is 10.1. The Hall–Kier alpha value is -1.39. The summed E-state index contributed by atoms with van der Waals surface area (Å²) < 4.78 is 9.89. The van der Waals surface area contributed by atoms with Crippen molar-refractivity contribution >= 4 is 5.97 Å². The van der Waals surface area contributed by atoms with Gasteiger partial charge in [-0.05, 0) is 12.5 Å². The van der Waals surface area contributed by atoms with Crippen LogP contribution < -0.4 is 0 Å². The van der Waals surface area contributed by atoms with Crippen LogP contribution in [0, 0.1) is 6.92 Å². The number of benzene rings is 1. The van der Waals surface area contributed by atoms with Crippen LogP contribution in [0.4, 0.5) is 0 Å². The van der Waals surface area contributed by atoms with Gasteiger partial charge in [0, 0.05) is 0 Å². The molecule has 1 N–H and O–H groups in total. The van der Waals surface area contributed by atoms with Gasteiger partial charge in [0.1, 0.15) is 0 Å². The molecule has 0 aromatic heterocycles. The van der Waals surface area contributed by atoms with Crippen molar-refractivity contribution in [2.45, 2.75) is 13.3 Å². The van der Waals surface area contributed by atoms with Gasteiger partial charge in [-0.2, -0.15) is 0 Å². The number of carboxylic acids is 1. The van der Waals surface area contributed by atoms with Gasteiger partial charge in [0.15, 0.2) is 0 Å². The summed E-state index contributed by atoms with van der Waals surface area (Å²) in [5.41, 5.74) is 2.00. The summed E-state index contributed by atoms with van der Waals surface area (Å²) in [6.45, 7) is 5.09. The Morgan fingerprint density at radius 3 is 1.94 bits per heavy atom. The van der Waals surface area contributed by atoms with Crippen LogP contribution in [-0.4, -0.2) is 37.5 Å². The summed E-state index contributed by atoms with van der Waals surface area (Å²) in [6, 6.07) is 7.50. The van der Waals surface area contributed by atoms with Crippen LogP contribution in [0.1, 0.15) is 11.1 Å². The lowest BCUT2D eigenvalue weighted by Gasteiger charge is -2.09. The van der Waals surface area contributed by atoms with Crippen LogP contribution in [0.5, 0.6) is 0 Å². The molecule has 0 amide bonds. The van der Waals surface area contributed by atoms with Crippen molar-refractivity contribution in [1.29, 1.82) is 0 Å². The van der Waals surface area contributed by atoms with Gasteiger partial charge in [-0.3, -0.25) is 4.79 Å². The van der Waals surface area contributed by atoms with Crippen LogP contribution in [0.25, 0.3) is 0 Å². The molecule has 0 spiro atoms. The van der Waals surface area contributed by atoms with E-state index in [1.807, 2.05) is 31.2 Å². The van der Waals surface area contributed by atoms with Crippen molar-refractivity contribution in [3.63, 3.8) is 0 Å². The smallest absolute Gasteiger partial charge is 0.307 e. The summed E-state index contributed by atoms with van der Waals surface area (Å²) in [4.78, 5) is 10.3. The van der Waals surface area contributed by atoms with Crippen molar-refractivity contribution in [1.82, 2.24) is 0 Å². The third kappa shape index (κ3) is 6.71. The Bertz CT molecular complexity index is 316. The maximum Gasteiger partial charge on any atom is 0.307 e. The normalized spacial score (nSPS) is 14.6. The first kappa shape index (κ1) is 13.7. The second-order valence-electron chi connectivity index (χ2n) is 3.78. The van der Waals surface area contributed by atoms with Gasteiger partial charge >= 0.3 is 5.97 Å². The monoisotopic (exact) mass is 238 g/mol. The minimum atomic E-state index is -0.783. The molecule has 4 heteroatoms. The molecule has 17 heavy (non-hydrogen) atoms. The Labute approximate surface area is 101 Å². The predicted octanol–water partition coefficient (Wildman–Crippen LogP) is 1.66. The minimum absolute atomic E-state index is 0.111. The van der Waals surface area contributed by atoms with Gasteiger partial charge in [0.05, 0.1) is 32.8 Å². The molecule has 94 valence electrons. The Morgan fingerprint density at radius 1 is 1.12 bits per heavy atom. The van der Waals surface area contributed by atoms with Crippen LogP contribution in [-0.2, 0) is 20.7 Å². The highest BCUT2D eigenvalue weighted by Gasteiger charge is 1.97. The van der Waals surface area contributed by atoms with Crippen LogP contribution in [0.15, 0.2) is 24.3 Å². The van der Waals surface area contributed by atoms with E-state index in [1.54, 1.807) is 0 Å². The number of hydrogen-bond acceptors (Lipinski definition) is 3. The van der Waals surface area contributed by atoms with Gasteiger partial charge in [0.2, 0.25) is 0 Å². The first-order valence-corrected chi connectivity index (χ1v) is 5.61. The van der Waals surface area contributed by atoms with Gasteiger partial charge in [-0.25, -0.2) is 0 Å². The average molecular weight is 238 g/mol. The average Bonchev–Trinajstić information content (AvgIpc) is 2.35. The van der Waals surface area contributed by atoms with Gasteiger partial charge < -0.3 is 14.6 Å². The number of rotatable bonds is 2. The molecule has 1 aromatic carbocycles. The molecular formula is C13H18O4. The maximum atomic E-state index is 10.3. The fourth-order valence-electron chi connectivity index (χ4n) is 1.32. The van der Waals surface area contributed by atoms with E-state index < -0.39 is 5.97 Å². The highest BCUT2D eigenvalue weighted by atomic mass is 16.6. The van der Waals surface area contributed by atoms with Crippen molar-refractivity contribution in [3.8, 4) is 0 Å². The Kier molecular flexibility index (Phi) is 6.29. The van der Waals surface area contributed by atoms with E-state index in [-0.39, 0.29) is 6.42 Å². The SMILES string of the molecule is C1COCCO1.Cc1ccc(CC(=O)O)cc1. The summed E-state index contributed by atoms with van der Waals surface area (Å²) in [5.74, 6) is -0.783. The van der Waals surface area contributed by atoms with Crippen LogP contribution >= 0.6 is 0 Å². The molecule has 2 rings (SSSR count). The van der Waals surface area contributed by atoms with E-state index in [4.69, 9.17) is 14.6 Å². The molecule has 1 fully saturated rings. The molecule has 0 aliphatic carbocycles. The van der Waals surface area contributed by atoms with E-state index >= 15 is 0 Å². The molecule has 1 aliphatic rings. The summed E-state index contributed by atoms with van der Waals surface area (Å²) in [6.07, 6.45) is 0.111. The molecule has 0 atom stereocenters. The molecular weight excluding hydrogens is 220 g/mol. The minimum Gasteiger partial charge on any atom is -0.481 e. The van der Waals surface area contributed by atoms with Crippen molar-refractivity contribution in [2.24, 2.45) is 0 Å². The number of ether oxygens (including phenoxy) is 2. The van der Waals surface area contributed by atoms with E-state index in [1.165, 1.54) is 0 Å². The first-order chi connectivity index (χ1) is 8.18. The fraction of sp³-hybridized carbons (Fsp3) is 0.462. The fourth-order valence-corrected chi connectivity index (χ4v) is 1.32. The van der Waals surface area contributed by atoms with Crippen molar-refractivity contribution in [3.05, 3.63) is 35.4 Å². The standard InChI is InChI=1S/C9H10O2.C4H8O2/c1-7-2-4-8(5-3-7)6-9(10)11;1-2-6-4-3-5-1/h2-5H,6H2,1H3,(H,10,11);1-4H2. The zero-order valence-corrected chi connectivity index (χ0v) is 10.0. The topological polar surface area (TPSA) is 55.8 Å². The Balaban J connectivity index is 0.000000202. The molecule has 4 nitrogen and oxygen atoms in total. The molecule has 1 aromatic rings. The van der Waals surface area contributed by atoms with E-state index in [2.05, 4.69) is 0 Å². The number of aliphatic carboxylic acids is 1.